The minimum absolute atomic E-state index is 0.0230. The highest BCUT2D eigenvalue weighted by atomic mass is 16.6. The Morgan fingerprint density at radius 1 is 0.975 bits per heavy atom. The van der Waals surface area contributed by atoms with Crippen LogP contribution in [0.25, 0.3) is 0 Å². The Kier molecular flexibility index (Phi) is 9.76. The average molecular weight is 544 g/mol. The number of rotatable bonds is 9. The molecule has 0 aliphatic carbocycles. The molecule has 0 aromatic heterocycles. The van der Waals surface area contributed by atoms with E-state index in [9.17, 15) is 19.5 Å². The fourth-order valence-electron chi connectivity index (χ4n) is 3.89. The highest BCUT2D eigenvalue weighted by Gasteiger charge is 2.36. The second kappa shape index (κ2) is 13.2. The summed E-state index contributed by atoms with van der Waals surface area (Å²) in [4.78, 5) is 41.3. The maximum Gasteiger partial charge on any atom is 0.408 e. The van der Waals surface area contributed by atoms with Gasteiger partial charge in [0, 0.05) is 18.2 Å². The quantitative estimate of drug-likeness (QED) is 0.268. The predicted molar refractivity (Wildman–Crippen MR) is 151 cm³/mol. The average Bonchev–Trinajstić information content (AvgIpc) is 2.91. The largest absolute Gasteiger partial charge is 0.508 e. The van der Waals surface area contributed by atoms with E-state index in [1.165, 1.54) is 31.4 Å². The van der Waals surface area contributed by atoms with E-state index in [0.717, 1.165) is 10.5 Å². The number of methoxy groups -OCH3 is 1. The maximum atomic E-state index is 14.0. The first-order valence-electron chi connectivity index (χ1n) is 12.6. The van der Waals surface area contributed by atoms with Crippen LogP contribution in [0.15, 0.2) is 78.9 Å². The van der Waals surface area contributed by atoms with Gasteiger partial charge in [-0.05, 0) is 68.3 Å². The second-order valence-corrected chi connectivity index (χ2v) is 9.94. The van der Waals surface area contributed by atoms with E-state index in [2.05, 4.69) is 16.7 Å². The number of alkyl carbamates (subject to hydrolysis) is 1. The summed E-state index contributed by atoms with van der Waals surface area (Å²) in [6, 6.07) is 21.4. The van der Waals surface area contributed by atoms with E-state index in [1.807, 2.05) is 30.3 Å². The smallest absolute Gasteiger partial charge is 0.408 e. The van der Waals surface area contributed by atoms with E-state index in [4.69, 9.17) is 15.9 Å². The second-order valence-electron chi connectivity index (χ2n) is 9.94. The van der Waals surface area contributed by atoms with E-state index < -0.39 is 35.6 Å². The number of ether oxygens (including phenoxy) is 2. The summed E-state index contributed by atoms with van der Waals surface area (Å²) in [5.41, 5.74) is 0.763. The standard InChI is InChI=1S/C31H33N3O6/c1-6-34(29(37)26(20-21-10-8-7-9-11-21)33-30(38)40-31(2,3)4)27(22-12-16-24(35)17-13-22)28(36)32-23-14-18-25(39-5)19-15-23/h1,7-19,26-27,35H,20H2,2-5H3,(H,32,36)(H,33,38). The zero-order chi connectivity index (χ0) is 29.3. The molecule has 9 heteroatoms. The van der Waals surface area contributed by atoms with Crippen LogP contribution in [0.1, 0.15) is 37.9 Å². The lowest BCUT2D eigenvalue weighted by Gasteiger charge is -2.30. The van der Waals surface area contributed by atoms with Crippen molar-refractivity contribution in [2.24, 2.45) is 0 Å². The molecule has 40 heavy (non-hydrogen) atoms. The summed E-state index contributed by atoms with van der Waals surface area (Å²) in [5, 5.41) is 15.2. The van der Waals surface area contributed by atoms with Crippen molar-refractivity contribution < 1.29 is 29.0 Å². The number of carbonyl (C=O) groups excluding carboxylic acids is 3. The Bertz CT molecular complexity index is 1340. The lowest BCUT2D eigenvalue weighted by molar-refractivity contribution is -0.136. The third-order valence-electron chi connectivity index (χ3n) is 5.72. The molecule has 0 saturated carbocycles. The van der Waals surface area contributed by atoms with Crippen molar-refractivity contribution in [2.75, 3.05) is 12.4 Å². The molecule has 3 N–H and O–H groups in total. The van der Waals surface area contributed by atoms with Crippen LogP contribution in [0, 0.1) is 12.5 Å². The SMILES string of the molecule is C#CN(C(=O)C(Cc1ccccc1)NC(=O)OC(C)(C)C)C(C(=O)Nc1ccc(OC)cc1)c1ccc(O)cc1. The lowest BCUT2D eigenvalue weighted by Crippen LogP contribution is -2.51. The Labute approximate surface area is 234 Å². The molecule has 0 spiro atoms. The lowest BCUT2D eigenvalue weighted by atomic mass is 10.0. The van der Waals surface area contributed by atoms with Gasteiger partial charge in [-0.1, -0.05) is 48.9 Å². The van der Waals surface area contributed by atoms with Crippen LogP contribution < -0.4 is 15.4 Å². The van der Waals surface area contributed by atoms with Crippen molar-refractivity contribution in [3.8, 4) is 24.0 Å². The summed E-state index contributed by atoms with van der Waals surface area (Å²) in [7, 11) is 1.53. The van der Waals surface area contributed by atoms with Gasteiger partial charge in [-0.25, -0.2) is 4.79 Å². The number of hydrogen-bond donors (Lipinski definition) is 3. The molecule has 0 fully saturated rings. The molecule has 3 rings (SSSR count). The van der Waals surface area contributed by atoms with Crippen LogP contribution in [0.3, 0.4) is 0 Å². The predicted octanol–water partition coefficient (Wildman–Crippen LogP) is 4.64. The Hall–Kier alpha value is -4.97. The van der Waals surface area contributed by atoms with Crippen molar-refractivity contribution in [1.29, 1.82) is 0 Å². The minimum Gasteiger partial charge on any atom is -0.508 e. The van der Waals surface area contributed by atoms with E-state index in [-0.39, 0.29) is 12.2 Å². The summed E-state index contributed by atoms with van der Waals surface area (Å²) in [6.45, 7) is 5.12. The number of carbonyl (C=O) groups is 3. The van der Waals surface area contributed by atoms with Gasteiger partial charge >= 0.3 is 6.09 Å². The summed E-state index contributed by atoms with van der Waals surface area (Å²) in [6.07, 6.45) is 5.13. The highest BCUT2D eigenvalue weighted by Crippen LogP contribution is 2.26. The number of phenolic OH excluding ortho intramolecular Hbond substituents is 1. The van der Waals surface area contributed by atoms with Gasteiger partial charge in [0.05, 0.1) is 7.11 Å². The highest BCUT2D eigenvalue weighted by molar-refractivity contribution is 5.99. The first kappa shape index (κ1) is 29.6. The molecular formula is C31H33N3O6. The third kappa shape index (κ3) is 8.27. The number of anilines is 1. The Balaban J connectivity index is 1.98. The summed E-state index contributed by atoms with van der Waals surface area (Å²) < 4.78 is 10.5. The molecule has 9 nitrogen and oxygen atoms in total. The first-order valence-corrected chi connectivity index (χ1v) is 12.6. The molecule has 0 bridgehead atoms. The molecule has 208 valence electrons. The van der Waals surface area contributed by atoms with Gasteiger partial charge in [0.2, 0.25) is 0 Å². The zero-order valence-electron chi connectivity index (χ0n) is 22.9. The van der Waals surface area contributed by atoms with E-state index in [1.54, 1.807) is 45.0 Å². The molecule has 0 aliphatic rings. The van der Waals surface area contributed by atoms with Gasteiger partial charge in [-0.2, -0.15) is 0 Å². The Morgan fingerprint density at radius 2 is 1.60 bits per heavy atom. The third-order valence-corrected chi connectivity index (χ3v) is 5.72. The van der Waals surface area contributed by atoms with E-state index >= 15 is 0 Å². The fourth-order valence-corrected chi connectivity index (χ4v) is 3.89. The van der Waals surface area contributed by atoms with Gasteiger partial charge in [0.1, 0.15) is 29.2 Å². The molecule has 0 heterocycles. The molecule has 3 aromatic rings. The summed E-state index contributed by atoms with van der Waals surface area (Å²) in [5.74, 6) is -0.714. The van der Waals surface area contributed by atoms with Gasteiger partial charge in [-0.3, -0.25) is 14.5 Å². The van der Waals surface area contributed by atoms with Crippen LogP contribution in [0.5, 0.6) is 11.5 Å². The van der Waals surface area contributed by atoms with Crippen molar-refractivity contribution in [3.05, 3.63) is 90.0 Å². The first-order chi connectivity index (χ1) is 19.0. The number of phenols is 1. The maximum absolute atomic E-state index is 14.0. The van der Waals surface area contributed by atoms with Crippen molar-refractivity contribution in [1.82, 2.24) is 10.2 Å². The zero-order valence-corrected chi connectivity index (χ0v) is 22.9. The number of terminal acetylenes is 1. The number of nitrogens with zero attached hydrogens (tertiary/aromatic N) is 1. The van der Waals surface area contributed by atoms with Gasteiger partial charge < -0.3 is 25.2 Å². The number of amides is 3. The number of nitrogens with one attached hydrogen (secondary N) is 2. The molecular weight excluding hydrogens is 510 g/mol. The normalized spacial score (nSPS) is 12.3. The minimum atomic E-state index is -1.29. The van der Waals surface area contributed by atoms with Crippen LogP contribution >= 0.6 is 0 Å². The molecule has 0 saturated heterocycles. The van der Waals surface area contributed by atoms with Gasteiger partial charge in [-0.15, -0.1) is 0 Å². The van der Waals surface area contributed by atoms with E-state index in [0.29, 0.717) is 17.0 Å². The molecule has 3 amide bonds. The monoisotopic (exact) mass is 543 g/mol. The van der Waals surface area contributed by atoms with Crippen LogP contribution in [-0.2, 0) is 20.7 Å². The topological polar surface area (TPSA) is 117 Å². The fraction of sp³-hybridized carbons (Fsp3) is 0.258. The number of hydrogen-bond acceptors (Lipinski definition) is 6. The van der Waals surface area contributed by atoms with Crippen LogP contribution in [0.2, 0.25) is 0 Å². The molecule has 0 aliphatic heterocycles. The molecule has 2 unspecified atom stereocenters. The van der Waals surface area contributed by atoms with Crippen LogP contribution in [-0.4, -0.2) is 46.7 Å². The number of benzene rings is 3. The van der Waals surface area contributed by atoms with Gasteiger partial charge in [0.25, 0.3) is 11.8 Å². The number of aromatic hydroxyl groups is 1. The summed E-state index contributed by atoms with van der Waals surface area (Å²) >= 11 is 0. The van der Waals surface area contributed by atoms with Gasteiger partial charge in [0.15, 0.2) is 0 Å². The van der Waals surface area contributed by atoms with Crippen molar-refractivity contribution in [3.63, 3.8) is 0 Å². The molecule has 3 aromatic carbocycles. The van der Waals surface area contributed by atoms with Crippen LogP contribution in [0.4, 0.5) is 10.5 Å². The molecule has 2 atom stereocenters. The van der Waals surface area contributed by atoms with Crippen molar-refractivity contribution >= 4 is 23.6 Å². The Morgan fingerprint density at radius 3 is 2.15 bits per heavy atom. The van der Waals surface area contributed by atoms with Crippen molar-refractivity contribution in [2.45, 2.75) is 44.9 Å². The molecule has 0 radical (unpaired) electrons.